The molecule has 1 fully saturated rings. The van der Waals surface area contributed by atoms with E-state index in [2.05, 4.69) is 0 Å². The maximum absolute atomic E-state index is 13.6. The van der Waals surface area contributed by atoms with Gasteiger partial charge in [-0.3, -0.25) is 4.79 Å². The van der Waals surface area contributed by atoms with Gasteiger partial charge in [-0.25, -0.2) is 4.39 Å². The zero-order valence-corrected chi connectivity index (χ0v) is 11.0. The maximum Gasteiger partial charge on any atom is 0.416 e. The minimum absolute atomic E-state index is 0.352. The lowest BCUT2D eigenvalue weighted by Crippen LogP contribution is -2.33. The molecule has 1 aromatic carbocycles. The van der Waals surface area contributed by atoms with Crippen LogP contribution in [0.4, 0.5) is 17.6 Å². The van der Waals surface area contributed by atoms with Crippen LogP contribution in [0, 0.1) is 11.7 Å². The van der Waals surface area contributed by atoms with Gasteiger partial charge in [-0.1, -0.05) is 0 Å². The number of carbonyl (C=O) groups excluding carboxylic acids is 1. The standard InChI is InChI=1S/C14H15F4NO/c1-2-19(8-9-3-4-9)13(20)11-7-10(14(16,17)18)5-6-12(11)15/h5-7,9H,2-4,8H2,1H3. The van der Waals surface area contributed by atoms with Gasteiger partial charge in [-0.15, -0.1) is 0 Å². The first-order valence-electron chi connectivity index (χ1n) is 6.49. The summed E-state index contributed by atoms with van der Waals surface area (Å²) >= 11 is 0. The topological polar surface area (TPSA) is 20.3 Å². The average Bonchev–Trinajstić information content (AvgIpc) is 3.18. The van der Waals surface area contributed by atoms with Crippen molar-refractivity contribution >= 4 is 5.91 Å². The van der Waals surface area contributed by atoms with Crippen molar-refractivity contribution in [1.29, 1.82) is 0 Å². The van der Waals surface area contributed by atoms with Crippen LogP contribution in [0.2, 0.25) is 0 Å². The van der Waals surface area contributed by atoms with Crippen molar-refractivity contribution in [3.63, 3.8) is 0 Å². The second-order valence-electron chi connectivity index (χ2n) is 4.98. The molecule has 0 spiro atoms. The maximum atomic E-state index is 13.6. The Labute approximate surface area is 114 Å². The number of amides is 1. The van der Waals surface area contributed by atoms with Gasteiger partial charge in [0, 0.05) is 13.1 Å². The lowest BCUT2D eigenvalue weighted by molar-refractivity contribution is -0.137. The number of rotatable bonds is 4. The molecule has 1 amide bonds. The number of hydrogen-bond donors (Lipinski definition) is 0. The van der Waals surface area contributed by atoms with Crippen LogP contribution in [0.25, 0.3) is 0 Å². The van der Waals surface area contributed by atoms with Gasteiger partial charge in [-0.2, -0.15) is 13.2 Å². The Balaban J connectivity index is 2.27. The summed E-state index contributed by atoms with van der Waals surface area (Å²) in [5.41, 5.74) is -1.52. The monoisotopic (exact) mass is 289 g/mol. The van der Waals surface area contributed by atoms with E-state index >= 15 is 0 Å². The Bertz CT molecular complexity index is 508. The summed E-state index contributed by atoms with van der Waals surface area (Å²) in [6, 6.07) is 1.93. The number of carbonyl (C=O) groups is 1. The molecule has 2 nitrogen and oxygen atoms in total. The summed E-state index contributed by atoms with van der Waals surface area (Å²) in [6.45, 7) is 2.56. The third kappa shape index (κ3) is 3.29. The predicted octanol–water partition coefficient (Wildman–Crippen LogP) is 3.72. The molecular formula is C14H15F4NO. The molecule has 2 rings (SSSR count). The van der Waals surface area contributed by atoms with E-state index in [0.29, 0.717) is 37.2 Å². The number of benzene rings is 1. The van der Waals surface area contributed by atoms with E-state index in [-0.39, 0.29) is 0 Å². The number of hydrogen-bond acceptors (Lipinski definition) is 1. The van der Waals surface area contributed by atoms with Crippen molar-refractivity contribution in [3.05, 3.63) is 35.1 Å². The number of alkyl halides is 3. The van der Waals surface area contributed by atoms with E-state index < -0.39 is 29.0 Å². The molecular weight excluding hydrogens is 274 g/mol. The first-order valence-corrected chi connectivity index (χ1v) is 6.49. The van der Waals surface area contributed by atoms with Crippen LogP contribution in [0.3, 0.4) is 0 Å². The second kappa shape index (κ2) is 5.42. The summed E-state index contributed by atoms with van der Waals surface area (Å²) in [5, 5.41) is 0. The van der Waals surface area contributed by atoms with Crippen LogP contribution in [-0.2, 0) is 6.18 Å². The van der Waals surface area contributed by atoms with Crippen LogP contribution in [0.15, 0.2) is 18.2 Å². The molecule has 0 heterocycles. The second-order valence-corrected chi connectivity index (χ2v) is 4.98. The van der Waals surface area contributed by atoms with Crippen molar-refractivity contribution in [2.45, 2.75) is 25.9 Å². The Kier molecular flexibility index (Phi) is 4.01. The van der Waals surface area contributed by atoms with Gasteiger partial charge in [0.1, 0.15) is 5.82 Å². The number of halogens is 4. The van der Waals surface area contributed by atoms with Crippen LogP contribution in [0.1, 0.15) is 35.7 Å². The van der Waals surface area contributed by atoms with Gasteiger partial charge in [-0.05, 0) is 43.9 Å². The van der Waals surface area contributed by atoms with E-state index in [4.69, 9.17) is 0 Å². The molecule has 1 saturated carbocycles. The van der Waals surface area contributed by atoms with E-state index in [1.165, 1.54) is 4.90 Å². The van der Waals surface area contributed by atoms with Crippen molar-refractivity contribution < 1.29 is 22.4 Å². The zero-order valence-electron chi connectivity index (χ0n) is 11.0. The van der Waals surface area contributed by atoms with Crippen LogP contribution >= 0.6 is 0 Å². The molecule has 0 N–H and O–H groups in total. The highest BCUT2D eigenvalue weighted by Crippen LogP contribution is 2.32. The van der Waals surface area contributed by atoms with E-state index in [1.807, 2.05) is 0 Å². The predicted molar refractivity (Wildman–Crippen MR) is 65.7 cm³/mol. The zero-order chi connectivity index (χ0) is 14.9. The molecule has 110 valence electrons. The molecule has 1 aromatic rings. The minimum atomic E-state index is -4.59. The normalized spacial score (nSPS) is 15.2. The van der Waals surface area contributed by atoms with Gasteiger partial charge >= 0.3 is 6.18 Å². The third-order valence-electron chi connectivity index (χ3n) is 3.37. The largest absolute Gasteiger partial charge is 0.416 e. The molecule has 0 aliphatic heterocycles. The van der Waals surface area contributed by atoms with Crippen molar-refractivity contribution in [1.82, 2.24) is 4.90 Å². The average molecular weight is 289 g/mol. The molecule has 0 bridgehead atoms. The number of nitrogens with zero attached hydrogens (tertiary/aromatic N) is 1. The smallest absolute Gasteiger partial charge is 0.339 e. The molecule has 0 radical (unpaired) electrons. The molecule has 6 heteroatoms. The lowest BCUT2D eigenvalue weighted by Gasteiger charge is -2.21. The van der Waals surface area contributed by atoms with Gasteiger partial charge in [0.25, 0.3) is 5.91 Å². The molecule has 0 aromatic heterocycles. The first kappa shape index (κ1) is 14.8. The summed E-state index contributed by atoms with van der Waals surface area (Å²) in [7, 11) is 0. The molecule has 20 heavy (non-hydrogen) atoms. The SMILES string of the molecule is CCN(CC1CC1)C(=O)c1cc(C(F)(F)F)ccc1F. The van der Waals surface area contributed by atoms with E-state index in [0.717, 1.165) is 12.8 Å². The highest BCUT2D eigenvalue weighted by Gasteiger charge is 2.33. The summed E-state index contributed by atoms with van der Waals surface area (Å²) in [4.78, 5) is 13.6. The van der Waals surface area contributed by atoms with Crippen molar-refractivity contribution in [2.24, 2.45) is 5.92 Å². The minimum Gasteiger partial charge on any atom is -0.339 e. The highest BCUT2D eigenvalue weighted by atomic mass is 19.4. The molecule has 1 aliphatic rings. The molecule has 0 atom stereocenters. The van der Waals surface area contributed by atoms with E-state index in [9.17, 15) is 22.4 Å². The van der Waals surface area contributed by atoms with Gasteiger partial charge < -0.3 is 4.90 Å². The molecule has 1 aliphatic carbocycles. The Morgan fingerprint density at radius 1 is 1.35 bits per heavy atom. The van der Waals surface area contributed by atoms with Crippen molar-refractivity contribution in [2.75, 3.05) is 13.1 Å². The van der Waals surface area contributed by atoms with Crippen molar-refractivity contribution in [3.8, 4) is 0 Å². The van der Waals surface area contributed by atoms with Gasteiger partial charge in [0.2, 0.25) is 0 Å². The van der Waals surface area contributed by atoms with Crippen LogP contribution in [0.5, 0.6) is 0 Å². The fraction of sp³-hybridized carbons (Fsp3) is 0.500. The van der Waals surface area contributed by atoms with E-state index in [1.54, 1.807) is 6.92 Å². The lowest BCUT2D eigenvalue weighted by atomic mass is 10.1. The Hall–Kier alpha value is -1.59. The molecule has 0 saturated heterocycles. The summed E-state index contributed by atoms with van der Waals surface area (Å²) in [6.07, 6.45) is -2.57. The summed E-state index contributed by atoms with van der Waals surface area (Å²) < 4.78 is 51.5. The highest BCUT2D eigenvalue weighted by molar-refractivity contribution is 5.94. The Morgan fingerprint density at radius 3 is 2.50 bits per heavy atom. The van der Waals surface area contributed by atoms with Crippen LogP contribution < -0.4 is 0 Å². The van der Waals surface area contributed by atoms with Gasteiger partial charge in [0.05, 0.1) is 11.1 Å². The summed E-state index contributed by atoms with van der Waals surface area (Å²) in [5.74, 6) is -1.20. The fourth-order valence-corrected chi connectivity index (χ4v) is 2.00. The molecule has 0 unspecified atom stereocenters. The van der Waals surface area contributed by atoms with Crippen LogP contribution in [-0.4, -0.2) is 23.9 Å². The Morgan fingerprint density at radius 2 is 2.00 bits per heavy atom. The fourth-order valence-electron chi connectivity index (χ4n) is 2.00. The quantitative estimate of drug-likeness (QED) is 0.774. The third-order valence-corrected chi connectivity index (χ3v) is 3.37. The van der Waals surface area contributed by atoms with Gasteiger partial charge in [0.15, 0.2) is 0 Å². The first-order chi connectivity index (χ1) is 9.32.